The number of hydrogen-bond donors (Lipinski definition) is 0. The molecule has 8 heteroatoms. The Morgan fingerprint density at radius 3 is 3.00 bits per heavy atom. The van der Waals surface area contributed by atoms with Crippen LogP contribution in [0, 0.1) is 0 Å². The van der Waals surface area contributed by atoms with Crippen LogP contribution in [0.2, 0.25) is 0 Å². The summed E-state index contributed by atoms with van der Waals surface area (Å²) in [4.78, 5) is 6.66. The molecular formula is C15H16N2O4S2. The Bertz CT molecular complexity index is 791. The fraction of sp³-hybridized carbons (Fsp3) is 0.400. The number of rotatable bonds is 3. The Kier molecular flexibility index (Phi) is 3.53. The predicted octanol–water partition coefficient (Wildman–Crippen LogP) is 1.68. The number of amidine groups is 1. The number of ether oxygens (including phenoxy) is 2. The van der Waals surface area contributed by atoms with E-state index in [1.165, 1.54) is 0 Å². The van der Waals surface area contributed by atoms with Gasteiger partial charge >= 0.3 is 0 Å². The zero-order valence-corrected chi connectivity index (χ0v) is 14.0. The van der Waals surface area contributed by atoms with Gasteiger partial charge in [0.15, 0.2) is 26.5 Å². The lowest BCUT2D eigenvalue weighted by Crippen LogP contribution is -2.39. The number of benzene rings is 1. The van der Waals surface area contributed by atoms with Crippen molar-refractivity contribution >= 4 is 32.5 Å². The van der Waals surface area contributed by atoms with Crippen LogP contribution in [0.3, 0.4) is 0 Å². The van der Waals surface area contributed by atoms with Crippen molar-refractivity contribution in [3.05, 3.63) is 30.9 Å². The van der Waals surface area contributed by atoms with E-state index >= 15 is 0 Å². The molecule has 1 saturated heterocycles. The minimum atomic E-state index is -3.04. The average Bonchev–Trinajstić information content (AvgIpc) is 3.15. The number of nitrogens with zero attached hydrogens (tertiary/aromatic N) is 2. The second kappa shape index (κ2) is 5.45. The molecule has 0 N–H and O–H groups in total. The Balaban J connectivity index is 1.71. The van der Waals surface area contributed by atoms with E-state index in [1.807, 2.05) is 29.2 Å². The molecule has 2 atom stereocenters. The number of hydrogen-bond acceptors (Lipinski definition) is 7. The van der Waals surface area contributed by atoms with E-state index in [-0.39, 0.29) is 30.4 Å². The van der Waals surface area contributed by atoms with E-state index in [4.69, 9.17) is 9.47 Å². The van der Waals surface area contributed by atoms with Gasteiger partial charge < -0.3 is 14.4 Å². The quantitative estimate of drug-likeness (QED) is 0.771. The molecule has 23 heavy (non-hydrogen) atoms. The van der Waals surface area contributed by atoms with Crippen LogP contribution in [-0.2, 0) is 9.84 Å². The molecule has 1 aromatic carbocycles. The van der Waals surface area contributed by atoms with Gasteiger partial charge in [0.1, 0.15) is 0 Å². The average molecular weight is 352 g/mol. The largest absolute Gasteiger partial charge is 0.454 e. The van der Waals surface area contributed by atoms with Crippen molar-refractivity contribution in [3.8, 4) is 11.5 Å². The summed E-state index contributed by atoms with van der Waals surface area (Å²) in [6, 6.07) is 5.32. The lowest BCUT2D eigenvalue weighted by molar-refractivity contribution is 0.174. The van der Waals surface area contributed by atoms with Crippen molar-refractivity contribution in [2.45, 2.75) is 12.1 Å². The Morgan fingerprint density at radius 1 is 1.35 bits per heavy atom. The molecule has 3 aliphatic rings. The third-order valence-corrected chi connectivity index (χ3v) is 6.73. The molecule has 6 nitrogen and oxygen atoms in total. The minimum Gasteiger partial charge on any atom is -0.454 e. The number of fused-ring (bicyclic) bond motifs is 2. The summed E-state index contributed by atoms with van der Waals surface area (Å²) in [7, 11) is -3.04. The van der Waals surface area contributed by atoms with Gasteiger partial charge in [-0.25, -0.2) is 8.42 Å². The fourth-order valence-corrected chi connectivity index (χ4v) is 5.81. The maximum Gasteiger partial charge on any atom is 0.231 e. The molecule has 0 aromatic heterocycles. The standard InChI is InChI=1S/C15H16N2O4S2/c1-2-5-22-15-16-11-7-23(18,19)8-12(11)17(15)10-3-4-13-14(6-10)21-9-20-13/h2-4,6,11-12H,1,5,7-9H2/t11-,12+/m1/s1. The fourth-order valence-electron chi connectivity index (χ4n) is 3.10. The molecule has 1 aromatic rings. The topological polar surface area (TPSA) is 68.2 Å². The van der Waals surface area contributed by atoms with Gasteiger partial charge in [0.2, 0.25) is 6.79 Å². The maximum absolute atomic E-state index is 12.0. The SMILES string of the molecule is C=CCSC1=N[C@@H]2CS(=O)(=O)C[C@@H]2N1c1ccc2c(c1)OCO2. The summed E-state index contributed by atoms with van der Waals surface area (Å²) in [6.45, 7) is 3.95. The highest BCUT2D eigenvalue weighted by molar-refractivity contribution is 8.14. The predicted molar refractivity (Wildman–Crippen MR) is 91.4 cm³/mol. The van der Waals surface area contributed by atoms with Gasteiger partial charge in [-0.2, -0.15) is 0 Å². The first-order valence-corrected chi connectivity index (χ1v) is 10.1. The molecule has 0 saturated carbocycles. The van der Waals surface area contributed by atoms with Crippen LogP contribution in [0.25, 0.3) is 0 Å². The first kappa shape index (κ1) is 14.9. The van der Waals surface area contributed by atoms with E-state index < -0.39 is 9.84 Å². The van der Waals surface area contributed by atoms with Crippen molar-refractivity contribution in [1.82, 2.24) is 0 Å². The summed E-state index contributed by atoms with van der Waals surface area (Å²) >= 11 is 1.57. The van der Waals surface area contributed by atoms with Crippen molar-refractivity contribution in [2.24, 2.45) is 4.99 Å². The van der Waals surface area contributed by atoms with Crippen molar-refractivity contribution < 1.29 is 17.9 Å². The van der Waals surface area contributed by atoms with E-state index in [0.29, 0.717) is 11.5 Å². The third-order valence-electron chi connectivity index (χ3n) is 4.07. The van der Waals surface area contributed by atoms with Crippen LogP contribution in [0.5, 0.6) is 11.5 Å². The van der Waals surface area contributed by atoms with Crippen molar-refractivity contribution in [3.63, 3.8) is 0 Å². The molecule has 0 spiro atoms. The molecule has 122 valence electrons. The third kappa shape index (κ3) is 2.59. The van der Waals surface area contributed by atoms with Crippen molar-refractivity contribution in [1.29, 1.82) is 0 Å². The van der Waals surface area contributed by atoms with Crippen molar-refractivity contribution in [2.75, 3.05) is 29.0 Å². The smallest absolute Gasteiger partial charge is 0.231 e. The van der Waals surface area contributed by atoms with Gasteiger partial charge in [0, 0.05) is 17.5 Å². The highest BCUT2D eigenvalue weighted by atomic mass is 32.2. The summed E-state index contributed by atoms with van der Waals surface area (Å²) in [5, 5.41) is 0.841. The van der Waals surface area contributed by atoms with E-state index in [9.17, 15) is 8.42 Å². The Hall–Kier alpha value is -1.67. The van der Waals surface area contributed by atoms with E-state index in [1.54, 1.807) is 11.8 Å². The highest BCUT2D eigenvalue weighted by Gasteiger charge is 2.47. The molecule has 0 unspecified atom stereocenters. The normalized spacial score (nSPS) is 27.0. The number of thioether (sulfide) groups is 1. The zero-order valence-electron chi connectivity index (χ0n) is 12.3. The van der Waals surface area contributed by atoms with Gasteiger partial charge in [0.05, 0.1) is 23.6 Å². The molecule has 4 rings (SSSR count). The number of aliphatic imine (C=N–C) groups is 1. The molecular weight excluding hydrogens is 336 g/mol. The molecule has 1 fully saturated rings. The first-order valence-electron chi connectivity index (χ1n) is 7.28. The highest BCUT2D eigenvalue weighted by Crippen LogP contribution is 2.40. The van der Waals surface area contributed by atoms with Crippen LogP contribution in [0.1, 0.15) is 0 Å². The van der Waals surface area contributed by atoms with Crippen LogP contribution in [0.4, 0.5) is 5.69 Å². The first-order chi connectivity index (χ1) is 11.1. The summed E-state index contributed by atoms with van der Waals surface area (Å²) in [6.07, 6.45) is 1.82. The Morgan fingerprint density at radius 2 is 2.17 bits per heavy atom. The number of sulfone groups is 1. The molecule has 0 bridgehead atoms. The van der Waals surface area contributed by atoms with E-state index in [0.717, 1.165) is 16.6 Å². The number of anilines is 1. The second-order valence-electron chi connectivity index (χ2n) is 5.63. The van der Waals surface area contributed by atoms with Gasteiger partial charge in [-0.05, 0) is 12.1 Å². The van der Waals surface area contributed by atoms with Crippen LogP contribution in [0.15, 0.2) is 35.8 Å². The lowest BCUT2D eigenvalue weighted by atomic mass is 10.1. The molecule has 3 heterocycles. The van der Waals surface area contributed by atoms with Gasteiger partial charge in [0.25, 0.3) is 0 Å². The zero-order chi connectivity index (χ0) is 16.0. The molecule has 0 aliphatic carbocycles. The van der Waals surface area contributed by atoms with Gasteiger partial charge in [-0.3, -0.25) is 4.99 Å². The molecule has 3 aliphatic heterocycles. The summed E-state index contributed by atoms with van der Waals surface area (Å²) in [5.41, 5.74) is 0.883. The van der Waals surface area contributed by atoms with Gasteiger partial charge in [-0.1, -0.05) is 17.8 Å². The monoisotopic (exact) mass is 352 g/mol. The van der Waals surface area contributed by atoms with E-state index in [2.05, 4.69) is 11.6 Å². The minimum absolute atomic E-state index is 0.122. The lowest BCUT2D eigenvalue weighted by Gasteiger charge is -2.26. The molecule has 0 amide bonds. The summed E-state index contributed by atoms with van der Waals surface area (Å²) < 4.78 is 34.7. The van der Waals surface area contributed by atoms with Crippen LogP contribution < -0.4 is 14.4 Å². The van der Waals surface area contributed by atoms with Crippen LogP contribution >= 0.6 is 11.8 Å². The Labute approximate surface area is 139 Å². The molecule has 0 radical (unpaired) electrons. The maximum atomic E-state index is 12.0. The summed E-state index contributed by atoms with van der Waals surface area (Å²) in [5.74, 6) is 2.37. The van der Waals surface area contributed by atoms with Crippen LogP contribution in [-0.4, -0.2) is 49.7 Å². The van der Waals surface area contributed by atoms with Gasteiger partial charge in [-0.15, -0.1) is 6.58 Å². The second-order valence-corrected chi connectivity index (χ2v) is 8.77.